The van der Waals surface area contributed by atoms with Gasteiger partial charge in [-0.1, -0.05) is 13.0 Å². The van der Waals surface area contributed by atoms with Gasteiger partial charge in [-0.25, -0.2) is 0 Å². The molecule has 0 aliphatic carbocycles. The summed E-state index contributed by atoms with van der Waals surface area (Å²) in [5, 5.41) is 11.6. The van der Waals surface area contributed by atoms with Crippen LogP contribution in [0.3, 0.4) is 0 Å². The highest BCUT2D eigenvalue weighted by Crippen LogP contribution is 2.27. The number of nitrogens with zero attached hydrogens (tertiary/aromatic N) is 5. The average molecular weight is 358 g/mol. The summed E-state index contributed by atoms with van der Waals surface area (Å²) in [6, 6.07) is 5.84. The largest absolute Gasteiger partial charge is 0.493 e. The number of nitrogens with one attached hydrogen (secondary N) is 1. The second-order valence-corrected chi connectivity index (χ2v) is 6.11. The summed E-state index contributed by atoms with van der Waals surface area (Å²) >= 11 is 0. The first-order valence-corrected chi connectivity index (χ1v) is 8.85. The molecule has 0 spiro atoms. The van der Waals surface area contributed by atoms with Gasteiger partial charge in [-0.05, 0) is 24.2 Å². The third-order valence-corrected chi connectivity index (χ3v) is 4.57. The first kappa shape index (κ1) is 18.2. The highest BCUT2D eigenvalue weighted by atomic mass is 16.5. The van der Waals surface area contributed by atoms with Gasteiger partial charge in [0.1, 0.15) is 0 Å². The molecule has 8 heteroatoms. The quantitative estimate of drug-likeness (QED) is 0.801. The van der Waals surface area contributed by atoms with E-state index in [1.54, 1.807) is 20.4 Å². The molecular formula is C18H26N6O2. The molecule has 1 saturated heterocycles. The number of piperazine rings is 1. The van der Waals surface area contributed by atoms with Gasteiger partial charge in [-0.2, -0.15) is 10.1 Å². The van der Waals surface area contributed by atoms with Crippen molar-refractivity contribution >= 4 is 11.8 Å². The molecule has 0 bridgehead atoms. The number of benzene rings is 1. The lowest BCUT2D eigenvalue weighted by Gasteiger charge is -2.33. The van der Waals surface area contributed by atoms with E-state index in [0.717, 1.165) is 38.3 Å². The smallest absolute Gasteiger partial charge is 0.247 e. The fraction of sp³-hybridized carbons (Fsp3) is 0.500. The average Bonchev–Trinajstić information content (AvgIpc) is 2.72. The Hall–Kier alpha value is -2.61. The second kappa shape index (κ2) is 8.66. The molecule has 0 saturated carbocycles. The van der Waals surface area contributed by atoms with Gasteiger partial charge in [0.15, 0.2) is 17.3 Å². The van der Waals surface area contributed by atoms with Crippen molar-refractivity contribution < 1.29 is 9.47 Å². The standard InChI is InChI=1S/C18H26N6O2/c1-4-23-7-9-24(10-8-23)18-21-17(13-20-22-18)19-12-14-5-6-15(25-2)16(11-14)26-3/h5-6,11,13H,4,7-10,12H2,1-3H3,(H,19,21,22). The molecule has 0 atom stereocenters. The van der Waals surface area contributed by atoms with E-state index in [-0.39, 0.29) is 0 Å². The van der Waals surface area contributed by atoms with Crippen molar-refractivity contribution in [2.24, 2.45) is 0 Å². The molecular weight excluding hydrogens is 332 g/mol. The zero-order chi connectivity index (χ0) is 18.4. The first-order chi connectivity index (χ1) is 12.7. The summed E-state index contributed by atoms with van der Waals surface area (Å²) in [6.07, 6.45) is 1.65. The summed E-state index contributed by atoms with van der Waals surface area (Å²) in [5.41, 5.74) is 1.07. The number of hydrogen-bond acceptors (Lipinski definition) is 8. The van der Waals surface area contributed by atoms with E-state index >= 15 is 0 Å². The summed E-state index contributed by atoms with van der Waals surface area (Å²) in [4.78, 5) is 9.21. The number of aromatic nitrogens is 3. The molecule has 3 rings (SSSR count). The number of hydrogen-bond donors (Lipinski definition) is 1. The van der Waals surface area contributed by atoms with Crippen molar-refractivity contribution in [1.82, 2.24) is 20.1 Å². The first-order valence-electron chi connectivity index (χ1n) is 8.85. The third-order valence-electron chi connectivity index (χ3n) is 4.57. The molecule has 8 nitrogen and oxygen atoms in total. The fourth-order valence-corrected chi connectivity index (χ4v) is 2.96. The van der Waals surface area contributed by atoms with Crippen molar-refractivity contribution in [3.63, 3.8) is 0 Å². The lowest BCUT2D eigenvalue weighted by molar-refractivity contribution is 0.269. The van der Waals surface area contributed by atoms with Crippen LogP contribution in [0.25, 0.3) is 0 Å². The number of likely N-dealkylation sites (N-methyl/N-ethyl adjacent to an activating group) is 1. The van der Waals surface area contributed by atoms with Crippen LogP contribution in [-0.4, -0.2) is 67.0 Å². The van der Waals surface area contributed by atoms with Gasteiger partial charge in [0.05, 0.1) is 20.4 Å². The van der Waals surface area contributed by atoms with E-state index in [4.69, 9.17) is 9.47 Å². The second-order valence-electron chi connectivity index (χ2n) is 6.11. The number of methoxy groups -OCH3 is 2. The molecule has 1 aliphatic rings. The van der Waals surface area contributed by atoms with Crippen molar-refractivity contribution in [2.75, 3.05) is 57.2 Å². The molecule has 1 fully saturated rings. The van der Waals surface area contributed by atoms with Crippen molar-refractivity contribution in [3.8, 4) is 11.5 Å². The van der Waals surface area contributed by atoms with Gasteiger partial charge in [0, 0.05) is 32.7 Å². The van der Waals surface area contributed by atoms with Gasteiger partial charge in [0.2, 0.25) is 5.95 Å². The van der Waals surface area contributed by atoms with Crippen LogP contribution < -0.4 is 19.7 Å². The molecule has 26 heavy (non-hydrogen) atoms. The molecule has 1 aromatic carbocycles. The van der Waals surface area contributed by atoms with Gasteiger partial charge < -0.3 is 24.6 Å². The highest BCUT2D eigenvalue weighted by Gasteiger charge is 2.18. The normalized spacial score (nSPS) is 15.0. The Bertz CT molecular complexity index is 719. The minimum Gasteiger partial charge on any atom is -0.493 e. The SMILES string of the molecule is CCN1CCN(c2nncc(NCc3ccc(OC)c(OC)c3)n2)CC1. The van der Waals surface area contributed by atoms with E-state index in [1.165, 1.54) is 0 Å². The van der Waals surface area contributed by atoms with Crippen molar-refractivity contribution in [2.45, 2.75) is 13.5 Å². The van der Waals surface area contributed by atoms with Gasteiger partial charge in [-0.15, -0.1) is 5.10 Å². The summed E-state index contributed by atoms with van der Waals surface area (Å²) in [6.45, 7) is 7.80. The fourth-order valence-electron chi connectivity index (χ4n) is 2.96. The van der Waals surface area contributed by atoms with E-state index in [9.17, 15) is 0 Å². The Labute approximate surface area is 154 Å². The van der Waals surface area contributed by atoms with Crippen LogP contribution in [0.2, 0.25) is 0 Å². The number of rotatable bonds is 7. The molecule has 2 heterocycles. The van der Waals surface area contributed by atoms with Crippen molar-refractivity contribution in [1.29, 1.82) is 0 Å². The lowest BCUT2D eigenvalue weighted by atomic mass is 10.2. The van der Waals surface area contributed by atoms with Gasteiger partial charge in [0.25, 0.3) is 0 Å². The van der Waals surface area contributed by atoms with E-state index in [1.807, 2.05) is 18.2 Å². The molecule has 1 aliphatic heterocycles. The van der Waals surface area contributed by atoms with Crippen LogP contribution in [0.15, 0.2) is 24.4 Å². The molecule has 0 amide bonds. The van der Waals surface area contributed by atoms with Crippen LogP contribution in [0, 0.1) is 0 Å². The maximum atomic E-state index is 5.34. The van der Waals surface area contributed by atoms with Crippen LogP contribution >= 0.6 is 0 Å². The predicted octanol–water partition coefficient (Wildman–Crippen LogP) is 1.64. The highest BCUT2D eigenvalue weighted by molar-refractivity contribution is 5.45. The zero-order valence-corrected chi connectivity index (χ0v) is 15.6. The maximum absolute atomic E-state index is 5.34. The van der Waals surface area contributed by atoms with Crippen LogP contribution in [-0.2, 0) is 6.54 Å². The Morgan fingerprint density at radius 1 is 1.08 bits per heavy atom. The van der Waals surface area contributed by atoms with Crippen LogP contribution in [0.1, 0.15) is 12.5 Å². The van der Waals surface area contributed by atoms with Gasteiger partial charge >= 0.3 is 0 Å². The Balaban J connectivity index is 1.62. The van der Waals surface area contributed by atoms with Crippen LogP contribution in [0.5, 0.6) is 11.5 Å². The van der Waals surface area contributed by atoms with Gasteiger partial charge in [-0.3, -0.25) is 0 Å². The van der Waals surface area contributed by atoms with E-state index in [0.29, 0.717) is 29.8 Å². The summed E-state index contributed by atoms with van der Waals surface area (Å²) in [5.74, 6) is 2.82. The summed E-state index contributed by atoms with van der Waals surface area (Å²) < 4.78 is 10.6. The molecule has 2 aromatic rings. The predicted molar refractivity (Wildman–Crippen MR) is 101 cm³/mol. The molecule has 1 N–H and O–H groups in total. The Morgan fingerprint density at radius 2 is 1.85 bits per heavy atom. The molecule has 140 valence electrons. The summed E-state index contributed by atoms with van der Waals surface area (Å²) in [7, 11) is 3.26. The van der Waals surface area contributed by atoms with E-state index < -0.39 is 0 Å². The minimum atomic E-state index is 0.613. The van der Waals surface area contributed by atoms with Crippen LogP contribution in [0.4, 0.5) is 11.8 Å². The molecule has 1 aromatic heterocycles. The topological polar surface area (TPSA) is 75.6 Å². The Morgan fingerprint density at radius 3 is 2.54 bits per heavy atom. The zero-order valence-electron chi connectivity index (χ0n) is 15.6. The minimum absolute atomic E-state index is 0.613. The maximum Gasteiger partial charge on any atom is 0.247 e. The van der Waals surface area contributed by atoms with E-state index in [2.05, 4.69) is 37.2 Å². The van der Waals surface area contributed by atoms with Crippen molar-refractivity contribution in [3.05, 3.63) is 30.0 Å². The molecule has 0 radical (unpaired) electrons. The molecule has 0 unspecified atom stereocenters. The lowest BCUT2D eigenvalue weighted by Crippen LogP contribution is -2.46. The number of anilines is 2. The Kier molecular flexibility index (Phi) is 6.06. The monoisotopic (exact) mass is 358 g/mol. The third kappa shape index (κ3) is 4.32. The number of ether oxygens (including phenoxy) is 2.